The van der Waals surface area contributed by atoms with Crippen molar-refractivity contribution < 1.29 is 9.53 Å². The molecule has 21 heavy (non-hydrogen) atoms. The quantitative estimate of drug-likeness (QED) is 0.621. The zero-order valence-corrected chi connectivity index (χ0v) is 12.8. The van der Waals surface area contributed by atoms with Crippen molar-refractivity contribution in [1.29, 1.82) is 0 Å². The number of fused-ring (bicyclic) bond motifs is 1. The van der Waals surface area contributed by atoms with Crippen molar-refractivity contribution in [1.82, 2.24) is 0 Å². The van der Waals surface area contributed by atoms with Crippen molar-refractivity contribution in [2.45, 2.75) is 20.0 Å². The topological polar surface area (TPSA) is 26.3 Å². The van der Waals surface area contributed by atoms with Crippen LogP contribution in [0.1, 0.15) is 25.5 Å². The molecule has 0 N–H and O–H groups in total. The summed E-state index contributed by atoms with van der Waals surface area (Å²) in [6.07, 6.45) is -0.256. The van der Waals surface area contributed by atoms with Gasteiger partial charge in [0.1, 0.15) is 6.10 Å². The lowest BCUT2D eigenvalue weighted by molar-refractivity contribution is -0.145. The van der Waals surface area contributed by atoms with E-state index in [0.29, 0.717) is 0 Å². The Morgan fingerprint density at radius 3 is 2.43 bits per heavy atom. The zero-order chi connectivity index (χ0) is 14.8. The Morgan fingerprint density at radius 1 is 1.05 bits per heavy atom. The highest BCUT2D eigenvalue weighted by molar-refractivity contribution is 7.22. The normalized spacial score (nSPS) is 12.3. The summed E-state index contributed by atoms with van der Waals surface area (Å²) in [5, 5.41) is 1.16. The molecule has 3 rings (SSSR count). The molecular formula is C18H16O2S. The molecule has 0 bridgehead atoms. The van der Waals surface area contributed by atoms with E-state index < -0.39 is 0 Å². The number of rotatable bonds is 3. The molecule has 106 valence electrons. The first-order chi connectivity index (χ1) is 10.2. The second kappa shape index (κ2) is 5.70. The van der Waals surface area contributed by atoms with Crippen LogP contribution in [-0.4, -0.2) is 5.97 Å². The summed E-state index contributed by atoms with van der Waals surface area (Å²) in [7, 11) is 0. The Morgan fingerprint density at radius 2 is 1.71 bits per heavy atom. The summed E-state index contributed by atoms with van der Waals surface area (Å²) in [6.45, 7) is 3.38. The van der Waals surface area contributed by atoms with Crippen LogP contribution in [0.4, 0.5) is 0 Å². The van der Waals surface area contributed by atoms with Crippen LogP contribution in [0.3, 0.4) is 0 Å². The van der Waals surface area contributed by atoms with Crippen molar-refractivity contribution >= 4 is 27.4 Å². The summed E-state index contributed by atoms with van der Waals surface area (Å²) < 4.78 is 6.65. The van der Waals surface area contributed by atoms with Crippen LogP contribution >= 0.6 is 11.3 Å². The van der Waals surface area contributed by atoms with Gasteiger partial charge in [0.2, 0.25) is 0 Å². The third-order valence-corrected chi connectivity index (χ3v) is 4.65. The van der Waals surface area contributed by atoms with Gasteiger partial charge in [0, 0.05) is 22.1 Å². The third kappa shape index (κ3) is 2.69. The number of ether oxygens (including phenoxy) is 1. The van der Waals surface area contributed by atoms with E-state index in [-0.39, 0.29) is 12.1 Å². The number of hydrogen-bond donors (Lipinski definition) is 0. The van der Waals surface area contributed by atoms with Gasteiger partial charge >= 0.3 is 5.97 Å². The number of thiophene rings is 1. The van der Waals surface area contributed by atoms with E-state index in [1.165, 1.54) is 16.5 Å². The van der Waals surface area contributed by atoms with Crippen molar-refractivity contribution in [3.8, 4) is 10.4 Å². The van der Waals surface area contributed by atoms with Crippen LogP contribution in [0.15, 0.2) is 54.6 Å². The largest absolute Gasteiger partial charge is 0.458 e. The minimum atomic E-state index is -0.256. The molecule has 1 aromatic heterocycles. The lowest BCUT2D eigenvalue weighted by Crippen LogP contribution is -2.05. The minimum Gasteiger partial charge on any atom is -0.458 e. The molecule has 0 fully saturated rings. The summed E-state index contributed by atoms with van der Waals surface area (Å²) in [4.78, 5) is 12.5. The van der Waals surface area contributed by atoms with Crippen LogP contribution in [-0.2, 0) is 9.53 Å². The molecular weight excluding hydrogens is 280 g/mol. The van der Waals surface area contributed by atoms with Gasteiger partial charge in [-0.05, 0) is 23.9 Å². The maximum atomic E-state index is 11.3. The molecule has 0 saturated heterocycles. The van der Waals surface area contributed by atoms with Gasteiger partial charge in [-0.3, -0.25) is 4.79 Å². The average Bonchev–Trinajstić information content (AvgIpc) is 2.87. The van der Waals surface area contributed by atoms with Crippen LogP contribution in [0.25, 0.3) is 20.5 Å². The first kappa shape index (κ1) is 13.8. The van der Waals surface area contributed by atoms with E-state index in [4.69, 9.17) is 4.74 Å². The van der Waals surface area contributed by atoms with Crippen molar-refractivity contribution in [2.75, 3.05) is 0 Å². The monoisotopic (exact) mass is 296 g/mol. The van der Waals surface area contributed by atoms with Crippen LogP contribution < -0.4 is 0 Å². The molecule has 2 aromatic carbocycles. The molecule has 1 heterocycles. The maximum absolute atomic E-state index is 11.3. The van der Waals surface area contributed by atoms with Crippen LogP contribution in [0, 0.1) is 0 Å². The van der Waals surface area contributed by atoms with E-state index in [1.54, 1.807) is 11.3 Å². The second-order valence-corrected chi connectivity index (χ2v) is 6.01. The standard InChI is InChI=1S/C18H16O2S/c1-12(20-13(2)19)17-15-10-6-7-11-16(15)21-18(17)14-8-4-3-5-9-14/h3-12H,1-2H3. The fourth-order valence-electron chi connectivity index (χ4n) is 2.58. The molecule has 3 aromatic rings. The summed E-state index contributed by atoms with van der Waals surface area (Å²) in [5.41, 5.74) is 2.25. The molecule has 0 spiro atoms. The van der Waals surface area contributed by atoms with E-state index in [1.807, 2.05) is 37.3 Å². The Hall–Kier alpha value is -2.13. The van der Waals surface area contributed by atoms with Gasteiger partial charge in [-0.15, -0.1) is 11.3 Å². The highest BCUT2D eigenvalue weighted by atomic mass is 32.1. The zero-order valence-electron chi connectivity index (χ0n) is 12.0. The van der Waals surface area contributed by atoms with Gasteiger partial charge in [0.15, 0.2) is 0 Å². The number of carbonyl (C=O) groups is 1. The van der Waals surface area contributed by atoms with E-state index in [9.17, 15) is 4.79 Å². The van der Waals surface area contributed by atoms with Crippen LogP contribution in [0.5, 0.6) is 0 Å². The van der Waals surface area contributed by atoms with E-state index in [0.717, 1.165) is 16.5 Å². The summed E-state index contributed by atoms with van der Waals surface area (Å²) in [5.74, 6) is -0.253. The molecule has 0 aliphatic rings. The van der Waals surface area contributed by atoms with Gasteiger partial charge in [0.25, 0.3) is 0 Å². The lowest BCUT2D eigenvalue weighted by atomic mass is 10.0. The third-order valence-electron chi connectivity index (χ3n) is 3.42. The predicted octanol–water partition coefficient (Wildman–Crippen LogP) is 5.19. The first-order valence-electron chi connectivity index (χ1n) is 6.91. The summed E-state index contributed by atoms with van der Waals surface area (Å²) >= 11 is 1.74. The molecule has 1 unspecified atom stereocenters. The second-order valence-electron chi connectivity index (χ2n) is 4.96. The molecule has 2 nitrogen and oxygen atoms in total. The average molecular weight is 296 g/mol. The number of hydrogen-bond acceptors (Lipinski definition) is 3. The van der Waals surface area contributed by atoms with Crippen LogP contribution in [0.2, 0.25) is 0 Å². The molecule has 0 radical (unpaired) electrons. The van der Waals surface area contributed by atoms with Gasteiger partial charge in [-0.1, -0.05) is 48.5 Å². The van der Waals surface area contributed by atoms with Crippen molar-refractivity contribution in [3.63, 3.8) is 0 Å². The Balaban J connectivity index is 2.21. The molecule has 1 atom stereocenters. The number of esters is 1. The fraction of sp³-hybridized carbons (Fsp3) is 0.167. The van der Waals surface area contributed by atoms with Gasteiger partial charge in [-0.25, -0.2) is 0 Å². The Labute approximate surface area is 128 Å². The Kier molecular flexibility index (Phi) is 3.76. The highest BCUT2D eigenvalue weighted by Gasteiger charge is 2.20. The molecule has 0 saturated carbocycles. The van der Waals surface area contributed by atoms with Gasteiger partial charge in [-0.2, -0.15) is 0 Å². The smallest absolute Gasteiger partial charge is 0.303 e. The summed E-state index contributed by atoms with van der Waals surface area (Å²) in [6, 6.07) is 18.5. The fourth-order valence-corrected chi connectivity index (χ4v) is 3.88. The molecule has 0 aliphatic carbocycles. The van der Waals surface area contributed by atoms with Crippen molar-refractivity contribution in [2.24, 2.45) is 0 Å². The maximum Gasteiger partial charge on any atom is 0.303 e. The molecule has 3 heteroatoms. The number of benzene rings is 2. The van der Waals surface area contributed by atoms with E-state index >= 15 is 0 Å². The lowest BCUT2D eigenvalue weighted by Gasteiger charge is -2.14. The Bertz CT molecular complexity index is 774. The minimum absolute atomic E-state index is 0.253. The first-order valence-corrected chi connectivity index (χ1v) is 7.72. The number of carbonyl (C=O) groups excluding carboxylic acids is 1. The SMILES string of the molecule is CC(=O)OC(C)c1c(-c2ccccc2)sc2ccccc12. The van der Waals surface area contributed by atoms with Gasteiger partial charge < -0.3 is 4.74 Å². The molecule has 0 aliphatic heterocycles. The van der Waals surface area contributed by atoms with Crippen molar-refractivity contribution in [3.05, 3.63) is 60.2 Å². The molecule has 0 amide bonds. The highest BCUT2D eigenvalue weighted by Crippen LogP contribution is 2.42. The van der Waals surface area contributed by atoms with Gasteiger partial charge in [0.05, 0.1) is 0 Å². The van der Waals surface area contributed by atoms with E-state index in [2.05, 4.69) is 24.3 Å². The predicted molar refractivity (Wildman–Crippen MR) is 87.4 cm³/mol.